The molecule has 1 aliphatic carbocycles. The van der Waals surface area contributed by atoms with Crippen LogP contribution < -0.4 is 4.90 Å². The third kappa shape index (κ3) is 1.61. The zero-order valence-corrected chi connectivity index (χ0v) is 9.97. The number of aryl methyl sites for hydroxylation is 1. The van der Waals surface area contributed by atoms with E-state index in [0.29, 0.717) is 12.0 Å². The summed E-state index contributed by atoms with van der Waals surface area (Å²) in [6.45, 7) is 2.05. The molecule has 3 rings (SSSR count). The van der Waals surface area contributed by atoms with Gasteiger partial charge in [-0.05, 0) is 44.2 Å². The minimum absolute atomic E-state index is 0.309. The average molecular weight is 231 g/mol. The molecule has 1 N–H and O–H groups in total. The molecule has 3 heteroatoms. The first-order chi connectivity index (χ1) is 8.16. The Hall–Kier alpha value is -1.51. The molecule has 1 aromatic carbocycles. The lowest BCUT2D eigenvalue weighted by Gasteiger charge is -2.34. The van der Waals surface area contributed by atoms with Crippen LogP contribution in [0.4, 0.5) is 5.69 Å². The highest BCUT2D eigenvalue weighted by molar-refractivity contribution is 5.80. The van der Waals surface area contributed by atoms with E-state index in [4.69, 9.17) is 0 Å². The zero-order chi connectivity index (χ0) is 12.0. The molecule has 0 spiro atoms. The molecule has 17 heavy (non-hydrogen) atoms. The molecule has 1 saturated heterocycles. The number of hydrogen-bond acceptors (Lipinski definition) is 2. The van der Waals surface area contributed by atoms with Crippen LogP contribution in [0, 0.1) is 12.8 Å². The van der Waals surface area contributed by atoms with Crippen LogP contribution >= 0.6 is 0 Å². The molecular formula is C14H17NO2. The Morgan fingerprint density at radius 3 is 2.65 bits per heavy atom. The SMILES string of the molecule is Cc1ccc(N2C3CCC(C3)C2C(=O)O)cc1. The first-order valence-electron chi connectivity index (χ1n) is 6.24. The number of hydrogen-bond donors (Lipinski definition) is 1. The van der Waals surface area contributed by atoms with Crippen LogP contribution in [0.2, 0.25) is 0 Å². The molecule has 3 nitrogen and oxygen atoms in total. The summed E-state index contributed by atoms with van der Waals surface area (Å²) in [5, 5.41) is 9.38. The summed E-state index contributed by atoms with van der Waals surface area (Å²) in [5.74, 6) is -0.323. The summed E-state index contributed by atoms with van der Waals surface area (Å²) < 4.78 is 0. The molecule has 3 atom stereocenters. The summed E-state index contributed by atoms with van der Waals surface area (Å²) >= 11 is 0. The summed E-state index contributed by atoms with van der Waals surface area (Å²) in [7, 11) is 0. The number of fused-ring (bicyclic) bond motifs is 2. The van der Waals surface area contributed by atoms with Gasteiger partial charge in [0, 0.05) is 11.7 Å². The summed E-state index contributed by atoms with van der Waals surface area (Å²) in [5.41, 5.74) is 2.28. The van der Waals surface area contributed by atoms with Gasteiger partial charge in [0.15, 0.2) is 0 Å². The molecule has 0 amide bonds. The van der Waals surface area contributed by atoms with Crippen LogP contribution in [0.5, 0.6) is 0 Å². The summed E-state index contributed by atoms with van der Waals surface area (Å²) in [6.07, 6.45) is 3.26. The highest BCUT2D eigenvalue weighted by Gasteiger charge is 2.49. The Bertz CT molecular complexity index is 440. The Morgan fingerprint density at radius 1 is 1.29 bits per heavy atom. The molecule has 90 valence electrons. The van der Waals surface area contributed by atoms with Crippen molar-refractivity contribution in [1.29, 1.82) is 0 Å². The molecule has 3 unspecified atom stereocenters. The van der Waals surface area contributed by atoms with Gasteiger partial charge in [-0.3, -0.25) is 0 Å². The van der Waals surface area contributed by atoms with Crippen molar-refractivity contribution in [2.75, 3.05) is 4.90 Å². The van der Waals surface area contributed by atoms with Crippen molar-refractivity contribution >= 4 is 11.7 Å². The normalized spacial score (nSPS) is 30.9. The maximum atomic E-state index is 11.4. The van der Waals surface area contributed by atoms with Crippen LogP contribution in [-0.2, 0) is 4.79 Å². The summed E-state index contributed by atoms with van der Waals surface area (Å²) in [6, 6.07) is 8.33. The van der Waals surface area contributed by atoms with Crippen LogP contribution in [0.15, 0.2) is 24.3 Å². The number of carboxylic acid groups (broad SMARTS) is 1. The minimum atomic E-state index is -0.669. The van der Waals surface area contributed by atoms with Crippen molar-refractivity contribution in [1.82, 2.24) is 0 Å². The Balaban J connectivity index is 1.95. The molecule has 1 saturated carbocycles. The first kappa shape index (κ1) is 10.6. The van der Waals surface area contributed by atoms with Crippen LogP contribution in [0.3, 0.4) is 0 Å². The molecule has 2 aliphatic rings. The number of nitrogens with zero attached hydrogens (tertiary/aromatic N) is 1. The van der Waals surface area contributed by atoms with E-state index in [9.17, 15) is 9.90 Å². The average Bonchev–Trinajstić information content (AvgIpc) is 2.89. The second-order valence-corrected chi connectivity index (χ2v) is 5.25. The number of anilines is 1. The molecule has 1 aromatic rings. The lowest BCUT2D eigenvalue weighted by Crippen LogP contribution is -2.45. The second kappa shape index (κ2) is 3.76. The summed E-state index contributed by atoms with van der Waals surface area (Å²) in [4.78, 5) is 13.5. The van der Waals surface area contributed by atoms with Gasteiger partial charge in [-0.25, -0.2) is 4.79 Å². The van der Waals surface area contributed by atoms with Crippen molar-refractivity contribution in [2.45, 2.75) is 38.3 Å². The van der Waals surface area contributed by atoms with E-state index in [1.165, 1.54) is 5.56 Å². The van der Waals surface area contributed by atoms with Crippen molar-refractivity contribution in [2.24, 2.45) is 5.92 Å². The third-order valence-electron chi connectivity index (χ3n) is 4.17. The maximum absolute atomic E-state index is 11.4. The van der Waals surface area contributed by atoms with Crippen molar-refractivity contribution < 1.29 is 9.90 Å². The molecule has 1 heterocycles. The molecule has 1 aliphatic heterocycles. The number of carboxylic acids is 1. The fourth-order valence-electron chi connectivity index (χ4n) is 3.39. The van der Waals surface area contributed by atoms with Gasteiger partial charge in [0.05, 0.1) is 0 Å². The van der Waals surface area contributed by atoms with Crippen LogP contribution in [0.25, 0.3) is 0 Å². The van der Waals surface area contributed by atoms with E-state index in [1.54, 1.807) is 0 Å². The monoisotopic (exact) mass is 231 g/mol. The first-order valence-corrected chi connectivity index (χ1v) is 6.24. The standard InChI is InChI=1S/C14H17NO2/c1-9-2-5-11(6-3-9)15-12-7-4-10(8-12)13(15)14(16)17/h2-3,5-6,10,12-13H,4,7-8H2,1H3,(H,16,17). The number of benzene rings is 1. The molecule has 2 fully saturated rings. The molecular weight excluding hydrogens is 214 g/mol. The lowest BCUT2D eigenvalue weighted by molar-refractivity contribution is -0.139. The smallest absolute Gasteiger partial charge is 0.326 e. The van der Waals surface area contributed by atoms with Gasteiger partial charge >= 0.3 is 5.97 Å². The van der Waals surface area contributed by atoms with E-state index in [0.717, 1.165) is 24.9 Å². The minimum Gasteiger partial charge on any atom is -0.480 e. The van der Waals surface area contributed by atoms with Gasteiger partial charge in [-0.1, -0.05) is 17.7 Å². The molecule has 2 bridgehead atoms. The number of rotatable bonds is 2. The zero-order valence-electron chi connectivity index (χ0n) is 9.97. The van der Waals surface area contributed by atoms with E-state index >= 15 is 0 Å². The molecule has 0 radical (unpaired) electrons. The van der Waals surface area contributed by atoms with Crippen LogP contribution in [0.1, 0.15) is 24.8 Å². The maximum Gasteiger partial charge on any atom is 0.326 e. The number of carbonyl (C=O) groups is 1. The van der Waals surface area contributed by atoms with E-state index in [-0.39, 0.29) is 6.04 Å². The van der Waals surface area contributed by atoms with Gasteiger partial charge in [0.2, 0.25) is 0 Å². The third-order valence-corrected chi connectivity index (χ3v) is 4.17. The molecule has 0 aromatic heterocycles. The van der Waals surface area contributed by atoms with Gasteiger partial charge in [0.1, 0.15) is 6.04 Å². The largest absolute Gasteiger partial charge is 0.480 e. The van der Waals surface area contributed by atoms with Gasteiger partial charge < -0.3 is 10.0 Å². The predicted octanol–water partition coefficient (Wildman–Crippen LogP) is 2.44. The Kier molecular flexibility index (Phi) is 2.35. The lowest BCUT2D eigenvalue weighted by atomic mass is 9.98. The van der Waals surface area contributed by atoms with Gasteiger partial charge in [-0.2, -0.15) is 0 Å². The van der Waals surface area contributed by atoms with E-state index in [1.807, 2.05) is 12.1 Å². The highest BCUT2D eigenvalue weighted by Crippen LogP contribution is 2.44. The van der Waals surface area contributed by atoms with Gasteiger partial charge in [0.25, 0.3) is 0 Å². The second-order valence-electron chi connectivity index (χ2n) is 5.25. The van der Waals surface area contributed by atoms with E-state index in [2.05, 4.69) is 24.0 Å². The topological polar surface area (TPSA) is 40.5 Å². The number of piperidine rings is 1. The fourth-order valence-corrected chi connectivity index (χ4v) is 3.39. The Morgan fingerprint density at radius 2 is 2.00 bits per heavy atom. The predicted molar refractivity (Wildman–Crippen MR) is 66.2 cm³/mol. The van der Waals surface area contributed by atoms with Gasteiger partial charge in [-0.15, -0.1) is 0 Å². The van der Waals surface area contributed by atoms with Crippen LogP contribution in [-0.4, -0.2) is 23.2 Å². The fraction of sp³-hybridized carbons (Fsp3) is 0.500. The highest BCUT2D eigenvalue weighted by atomic mass is 16.4. The van der Waals surface area contributed by atoms with Crippen molar-refractivity contribution in [3.8, 4) is 0 Å². The quantitative estimate of drug-likeness (QED) is 0.849. The van der Waals surface area contributed by atoms with Crippen molar-refractivity contribution in [3.05, 3.63) is 29.8 Å². The number of aliphatic carboxylic acids is 1. The Labute approximate surface area is 101 Å². The van der Waals surface area contributed by atoms with E-state index < -0.39 is 5.97 Å². The van der Waals surface area contributed by atoms with Crippen molar-refractivity contribution in [3.63, 3.8) is 0 Å².